The second-order valence-corrected chi connectivity index (χ2v) is 11.7. The first-order valence-corrected chi connectivity index (χ1v) is 14.7. The Labute approximate surface area is 244 Å². The van der Waals surface area contributed by atoms with Crippen LogP contribution in [0.25, 0.3) is 98.3 Å². The third-order valence-electron chi connectivity index (χ3n) is 9.58. The van der Waals surface area contributed by atoms with Crippen molar-refractivity contribution in [1.82, 2.24) is 18.9 Å². The zero-order chi connectivity index (χ0) is 27.8. The predicted octanol–water partition coefficient (Wildman–Crippen LogP) is 10.1. The van der Waals surface area contributed by atoms with Crippen molar-refractivity contribution in [2.75, 3.05) is 0 Å². The molecule has 198 valence electrons. The van der Waals surface area contributed by atoms with E-state index in [2.05, 4.69) is 134 Å². The molecule has 4 nitrogen and oxygen atoms in total. The highest BCUT2D eigenvalue weighted by Crippen LogP contribution is 2.47. The maximum atomic E-state index is 4.58. The summed E-state index contributed by atoms with van der Waals surface area (Å²) in [7, 11) is 0. The number of pyridine rings is 1. The highest BCUT2D eigenvalue weighted by Gasteiger charge is 2.24. The molecule has 0 saturated heterocycles. The first kappa shape index (κ1) is 21.8. The Balaban J connectivity index is 1.42. The predicted molar refractivity (Wildman–Crippen MR) is 180 cm³/mol. The van der Waals surface area contributed by atoms with E-state index in [9.17, 15) is 0 Å². The van der Waals surface area contributed by atoms with Crippen LogP contribution in [0.3, 0.4) is 0 Å². The molecule has 11 rings (SSSR count). The normalized spacial score (nSPS) is 12.7. The van der Waals surface area contributed by atoms with Crippen LogP contribution < -0.4 is 0 Å². The number of hydrogen-bond donors (Lipinski definition) is 1. The number of para-hydroxylation sites is 2. The van der Waals surface area contributed by atoms with Crippen LogP contribution in [-0.2, 0) is 0 Å². The second kappa shape index (κ2) is 7.50. The zero-order valence-corrected chi connectivity index (χ0v) is 23.0. The summed E-state index contributed by atoms with van der Waals surface area (Å²) in [6, 6.07) is 44.6. The van der Waals surface area contributed by atoms with Gasteiger partial charge in [0.05, 0.1) is 27.6 Å². The van der Waals surface area contributed by atoms with Gasteiger partial charge in [-0.15, -0.1) is 0 Å². The second-order valence-electron chi connectivity index (χ2n) is 11.7. The summed E-state index contributed by atoms with van der Waals surface area (Å²) < 4.78 is 4.98. The lowest BCUT2D eigenvalue weighted by molar-refractivity contribution is 1.19. The SMILES string of the molecule is c1ccc2cc3c(cc2c1)c1c2c(cc4c5ccccc5n3c41)c1ccccc1n2-c1ccc2[nH]c3ncccc3c2c1. The van der Waals surface area contributed by atoms with Gasteiger partial charge in [0.2, 0.25) is 0 Å². The highest BCUT2D eigenvalue weighted by atomic mass is 15.0. The minimum absolute atomic E-state index is 0.919. The van der Waals surface area contributed by atoms with Crippen LogP contribution in [0.2, 0.25) is 0 Å². The largest absolute Gasteiger partial charge is 0.339 e. The summed E-state index contributed by atoms with van der Waals surface area (Å²) in [5.41, 5.74) is 9.43. The minimum Gasteiger partial charge on any atom is -0.339 e. The molecule has 0 radical (unpaired) electrons. The van der Waals surface area contributed by atoms with Gasteiger partial charge in [0.1, 0.15) is 5.65 Å². The Morgan fingerprint density at radius 1 is 0.488 bits per heavy atom. The molecule has 0 aliphatic heterocycles. The van der Waals surface area contributed by atoms with Crippen LogP contribution >= 0.6 is 0 Å². The molecule has 5 heterocycles. The Morgan fingerprint density at radius 2 is 1.21 bits per heavy atom. The van der Waals surface area contributed by atoms with Gasteiger partial charge in [-0.3, -0.25) is 0 Å². The quantitative estimate of drug-likeness (QED) is 0.219. The van der Waals surface area contributed by atoms with Crippen molar-refractivity contribution < 1.29 is 0 Å². The number of aromatic amines is 1. The van der Waals surface area contributed by atoms with Gasteiger partial charge < -0.3 is 14.0 Å². The molecule has 43 heavy (non-hydrogen) atoms. The molecule has 6 aromatic carbocycles. The van der Waals surface area contributed by atoms with Crippen molar-refractivity contribution in [2.45, 2.75) is 0 Å². The fraction of sp³-hybridized carbons (Fsp3) is 0. The first-order valence-electron chi connectivity index (χ1n) is 14.7. The fourth-order valence-corrected chi connectivity index (χ4v) is 7.81. The smallest absolute Gasteiger partial charge is 0.138 e. The summed E-state index contributed by atoms with van der Waals surface area (Å²) in [6.07, 6.45) is 1.85. The number of benzene rings is 6. The van der Waals surface area contributed by atoms with Gasteiger partial charge in [-0.05, 0) is 71.4 Å². The molecule has 0 bridgehead atoms. The molecule has 11 aromatic rings. The lowest BCUT2D eigenvalue weighted by atomic mass is 10.0. The van der Waals surface area contributed by atoms with Crippen LogP contribution in [0.1, 0.15) is 0 Å². The molecule has 0 amide bonds. The molecule has 0 unspecified atom stereocenters. The Hall–Kier alpha value is -5.87. The van der Waals surface area contributed by atoms with E-state index in [1.165, 1.54) is 76.1 Å². The number of aromatic nitrogens is 4. The van der Waals surface area contributed by atoms with E-state index in [4.69, 9.17) is 0 Å². The number of fused-ring (bicyclic) bond motifs is 14. The van der Waals surface area contributed by atoms with Gasteiger partial charge >= 0.3 is 0 Å². The number of nitrogens with zero attached hydrogens (tertiary/aromatic N) is 3. The molecule has 0 spiro atoms. The van der Waals surface area contributed by atoms with E-state index in [0.717, 1.165) is 22.2 Å². The number of H-pyrrole nitrogens is 1. The summed E-state index contributed by atoms with van der Waals surface area (Å²) >= 11 is 0. The van der Waals surface area contributed by atoms with Crippen molar-refractivity contribution in [1.29, 1.82) is 0 Å². The standard InChI is InChI=1S/C39H22N4/c1-2-9-23-19-35-31(18-22(23)8-1)36-37-29(21-30-26-11-4-6-14-34(26)43(35)38(30)36)25-10-3-5-13-33(25)42(37)24-15-16-32-28(20-24)27-12-7-17-40-39(27)41-32/h1-21H,(H,40,41). The lowest BCUT2D eigenvalue weighted by Crippen LogP contribution is -1.94. The zero-order valence-electron chi connectivity index (χ0n) is 23.0. The van der Waals surface area contributed by atoms with E-state index >= 15 is 0 Å². The molecule has 0 fully saturated rings. The molecule has 0 aliphatic rings. The van der Waals surface area contributed by atoms with E-state index in [1.54, 1.807) is 0 Å². The fourth-order valence-electron chi connectivity index (χ4n) is 7.81. The third kappa shape index (κ3) is 2.60. The van der Waals surface area contributed by atoms with Crippen molar-refractivity contribution >= 4 is 92.6 Å². The van der Waals surface area contributed by atoms with Gasteiger partial charge in [-0.1, -0.05) is 60.7 Å². The van der Waals surface area contributed by atoms with Crippen LogP contribution in [-0.4, -0.2) is 18.9 Å². The summed E-state index contributed by atoms with van der Waals surface area (Å²) in [5, 5.41) is 12.6. The van der Waals surface area contributed by atoms with E-state index in [-0.39, 0.29) is 0 Å². The van der Waals surface area contributed by atoms with Gasteiger partial charge in [0, 0.05) is 60.5 Å². The van der Waals surface area contributed by atoms with Crippen LogP contribution in [0.4, 0.5) is 0 Å². The Kier molecular flexibility index (Phi) is 3.80. The van der Waals surface area contributed by atoms with Gasteiger partial charge in [-0.2, -0.15) is 0 Å². The van der Waals surface area contributed by atoms with Crippen molar-refractivity contribution in [3.8, 4) is 5.69 Å². The average Bonchev–Trinajstić information content (AvgIpc) is 3.78. The molecule has 0 saturated carbocycles. The van der Waals surface area contributed by atoms with Crippen molar-refractivity contribution in [3.05, 3.63) is 128 Å². The summed E-state index contributed by atoms with van der Waals surface area (Å²) in [5.74, 6) is 0. The van der Waals surface area contributed by atoms with Crippen LogP contribution in [0, 0.1) is 0 Å². The average molecular weight is 547 g/mol. The Bertz CT molecular complexity index is 2950. The van der Waals surface area contributed by atoms with E-state index < -0.39 is 0 Å². The molecule has 1 N–H and O–H groups in total. The van der Waals surface area contributed by atoms with Gasteiger partial charge in [0.25, 0.3) is 0 Å². The first-order chi connectivity index (χ1) is 21.3. The maximum Gasteiger partial charge on any atom is 0.138 e. The maximum absolute atomic E-state index is 4.58. The number of rotatable bonds is 1. The molecule has 4 heteroatoms. The highest BCUT2D eigenvalue weighted by molar-refractivity contribution is 6.35. The minimum atomic E-state index is 0.919. The molecular formula is C39H22N4. The van der Waals surface area contributed by atoms with E-state index in [1.807, 2.05) is 12.3 Å². The van der Waals surface area contributed by atoms with Crippen molar-refractivity contribution in [2.24, 2.45) is 0 Å². The van der Waals surface area contributed by atoms with Gasteiger partial charge in [-0.25, -0.2) is 4.98 Å². The van der Waals surface area contributed by atoms with Crippen LogP contribution in [0.15, 0.2) is 128 Å². The monoisotopic (exact) mass is 546 g/mol. The molecular weight excluding hydrogens is 524 g/mol. The molecule has 5 aromatic heterocycles. The van der Waals surface area contributed by atoms with Crippen molar-refractivity contribution in [3.63, 3.8) is 0 Å². The third-order valence-corrected chi connectivity index (χ3v) is 9.58. The van der Waals surface area contributed by atoms with Gasteiger partial charge in [0.15, 0.2) is 0 Å². The van der Waals surface area contributed by atoms with Crippen LogP contribution in [0.5, 0.6) is 0 Å². The summed E-state index contributed by atoms with van der Waals surface area (Å²) in [4.78, 5) is 8.09. The molecule has 0 aliphatic carbocycles. The number of hydrogen-bond acceptors (Lipinski definition) is 1. The molecule has 0 atom stereocenters. The van der Waals surface area contributed by atoms with E-state index in [0.29, 0.717) is 0 Å². The Morgan fingerprint density at radius 3 is 2.09 bits per heavy atom. The summed E-state index contributed by atoms with van der Waals surface area (Å²) in [6.45, 7) is 0. The lowest BCUT2D eigenvalue weighted by Gasteiger charge is -2.10. The number of nitrogens with one attached hydrogen (secondary N) is 1. The topological polar surface area (TPSA) is 38.0 Å².